The minimum Gasteiger partial charge on any atom is -0.320 e. The molecule has 0 saturated heterocycles. The van der Waals surface area contributed by atoms with Crippen LogP contribution in [0.3, 0.4) is 0 Å². The van der Waals surface area contributed by atoms with Crippen molar-refractivity contribution in [2.24, 2.45) is 5.73 Å². The van der Waals surface area contributed by atoms with E-state index in [0.717, 1.165) is 29.0 Å². The number of hydrogen-bond donors (Lipinski definition) is 1. The first-order chi connectivity index (χ1) is 9.56. The van der Waals surface area contributed by atoms with Crippen LogP contribution < -0.4 is 5.73 Å². The van der Waals surface area contributed by atoms with Crippen molar-refractivity contribution in [3.8, 4) is 0 Å². The van der Waals surface area contributed by atoms with Gasteiger partial charge in [-0.3, -0.25) is 0 Å². The highest BCUT2D eigenvalue weighted by molar-refractivity contribution is 6.30. The van der Waals surface area contributed by atoms with E-state index >= 15 is 0 Å². The van der Waals surface area contributed by atoms with Crippen molar-refractivity contribution >= 4 is 11.6 Å². The molecule has 0 spiro atoms. The van der Waals surface area contributed by atoms with E-state index in [1.165, 1.54) is 16.7 Å². The zero-order valence-corrected chi connectivity index (χ0v) is 13.2. The molecule has 0 amide bonds. The van der Waals surface area contributed by atoms with E-state index < -0.39 is 0 Å². The predicted octanol–water partition coefficient (Wildman–Crippen LogP) is 4.82. The topological polar surface area (TPSA) is 26.0 Å². The van der Waals surface area contributed by atoms with Gasteiger partial charge in [-0.15, -0.1) is 0 Å². The second kappa shape index (κ2) is 6.43. The summed E-state index contributed by atoms with van der Waals surface area (Å²) in [7, 11) is 0. The van der Waals surface area contributed by atoms with Crippen LogP contribution in [0.1, 0.15) is 47.7 Å². The molecule has 2 heteroatoms. The quantitative estimate of drug-likeness (QED) is 0.857. The minimum atomic E-state index is -0.0892. The summed E-state index contributed by atoms with van der Waals surface area (Å²) in [5.41, 5.74) is 12.7. The molecule has 20 heavy (non-hydrogen) atoms. The summed E-state index contributed by atoms with van der Waals surface area (Å²) in [6.07, 6.45) is 2.03. The van der Waals surface area contributed by atoms with Crippen molar-refractivity contribution in [3.63, 3.8) is 0 Å². The van der Waals surface area contributed by atoms with Gasteiger partial charge in [-0.25, -0.2) is 0 Å². The van der Waals surface area contributed by atoms with E-state index in [-0.39, 0.29) is 6.04 Å². The van der Waals surface area contributed by atoms with Crippen LogP contribution in [0, 0.1) is 6.92 Å². The zero-order chi connectivity index (χ0) is 14.7. The third-order valence-electron chi connectivity index (χ3n) is 3.90. The molecule has 0 fully saturated rings. The lowest BCUT2D eigenvalue weighted by molar-refractivity contribution is 0.837. The molecule has 106 valence electrons. The van der Waals surface area contributed by atoms with Crippen LogP contribution in [0.2, 0.25) is 5.02 Å². The van der Waals surface area contributed by atoms with Crippen LogP contribution in [0.15, 0.2) is 36.4 Å². The van der Waals surface area contributed by atoms with Gasteiger partial charge in [0.05, 0.1) is 6.04 Å². The van der Waals surface area contributed by atoms with Crippen molar-refractivity contribution < 1.29 is 0 Å². The Bertz CT molecular complexity index is 604. The van der Waals surface area contributed by atoms with Gasteiger partial charge in [-0.1, -0.05) is 49.7 Å². The Hall–Kier alpha value is -1.31. The van der Waals surface area contributed by atoms with Gasteiger partial charge in [0, 0.05) is 5.02 Å². The van der Waals surface area contributed by atoms with Crippen LogP contribution in [0.25, 0.3) is 0 Å². The predicted molar refractivity (Wildman–Crippen MR) is 87.4 cm³/mol. The second-order valence-corrected chi connectivity index (χ2v) is 5.66. The van der Waals surface area contributed by atoms with Gasteiger partial charge >= 0.3 is 0 Å². The molecule has 1 nitrogen and oxygen atoms in total. The smallest absolute Gasteiger partial charge is 0.0557 e. The number of aryl methyl sites for hydroxylation is 3. The molecule has 0 aliphatic rings. The summed E-state index contributed by atoms with van der Waals surface area (Å²) >= 11 is 6.03. The van der Waals surface area contributed by atoms with Crippen molar-refractivity contribution in [2.45, 2.75) is 39.7 Å². The minimum absolute atomic E-state index is 0.0892. The van der Waals surface area contributed by atoms with Gasteiger partial charge in [-0.05, 0) is 59.7 Å². The van der Waals surface area contributed by atoms with Crippen LogP contribution in [-0.4, -0.2) is 0 Å². The fourth-order valence-electron chi connectivity index (χ4n) is 2.63. The fourth-order valence-corrected chi connectivity index (χ4v) is 2.86. The van der Waals surface area contributed by atoms with Crippen molar-refractivity contribution in [1.82, 2.24) is 0 Å². The zero-order valence-electron chi connectivity index (χ0n) is 12.4. The average molecular weight is 288 g/mol. The molecule has 2 aromatic carbocycles. The molecule has 0 aromatic heterocycles. The Labute approximate surface area is 126 Å². The lowest BCUT2D eigenvalue weighted by Crippen LogP contribution is -2.15. The molecule has 0 bridgehead atoms. The molecule has 0 saturated carbocycles. The van der Waals surface area contributed by atoms with Crippen LogP contribution >= 0.6 is 11.6 Å². The lowest BCUT2D eigenvalue weighted by atomic mass is 9.90. The fraction of sp³-hybridized carbons (Fsp3) is 0.333. The largest absolute Gasteiger partial charge is 0.320 e. The highest BCUT2D eigenvalue weighted by atomic mass is 35.5. The molecule has 2 rings (SSSR count). The monoisotopic (exact) mass is 287 g/mol. The first-order valence-corrected chi connectivity index (χ1v) is 7.58. The molecule has 0 aliphatic heterocycles. The molecule has 0 heterocycles. The van der Waals surface area contributed by atoms with Crippen LogP contribution in [0.4, 0.5) is 0 Å². The Morgan fingerprint density at radius 3 is 2.35 bits per heavy atom. The molecule has 1 unspecified atom stereocenters. The van der Waals surface area contributed by atoms with Gasteiger partial charge in [0.15, 0.2) is 0 Å². The standard InChI is InChI=1S/C18H22ClN/c1-4-13-6-7-14(5-2)17(11-13)18(20)16-9-8-15(19)10-12(16)3/h6-11,18H,4-5,20H2,1-3H3. The number of halogens is 1. The second-order valence-electron chi connectivity index (χ2n) is 5.22. The third-order valence-corrected chi connectivity index (χ3v) is 4.14. The summed E-state index contributed by atoms with van der Waals surface area (Å²) in [4.78, 5) is 0. The maximum atomic E-state index is 6.52. The Balaban J connectivity index is 2.48. The van der Waals surface area contributed by atoms with Crippen molar-refractivity contribution in [3.05, 3.63) is 69.2 Å². The summed E-state index contributed by atoms with van der Waals surface area (Å²) in [6.45, 7) is 6.41. The lowest BCUT2D eigenvalue weighted by Gasteiger charge is -2.19. The van der Waals surface area contributed by atoms with E-state index in [4.69, 9.17) is 17.3 Å². The summed E-state index contributed by atoms with van der Waals surface area (Å²) in [5, 5.41) is 0.761. The molecule has 1 atom stereocenters. The number of benzene rings is 2. The molecule has 0 radical (unpaired) electrons. The van der Waals surface area contributed by atoms with Crippen molar-refractivity contribution in [1.29, 1.82) is 0 Å². The SMILES string of the molecule is CCc1ccc(CC)c(C(N)c2ccc(Cl)cc2C)c1. The van der Waals surface area contributed by atoms with E-state index in [0.29, 0.717) is 0 Å². The Kier molecular flexibility index (Phi) is 4.85. The summed E-state index contributed by atoms with van der Waals surface area (Å²) in [5.74, 6) is 0. The van der Waals surface area contributed by atoms with Gasteiger partial charge in [-0.2, -0.15) is 0 Å². The van der Waals surface area contributed by atoms with E-state index in [9.17, 15) is 0 Å². The average Bonchev–Trinajstić information content (AvgIpc) is 2.46. The molecule has 0 aliphatic carbocycles. The van der Waals surface area contributed by atoms with E-state index in [2.05, 4.69) is 39.0 Å². The Morgan fingerprint density at radius 1 is 1.00 bits per heavy atom. The van der Waals surface area contributed by atoms with E-state index in [1.54, 1.807) is 0 Å². The van der Waals surface area contributed by atoms with Gasteiger partial charge in [0.25, 0.3) is 0 Å². The maximum absolute atomic E-state index is 6.52. The van der Waals surface area contributed by atoms with Gasteiger partial charge in [0.1, 0.15) is 0 Å². The Morgan fingerprint density at radius 2 is 1.75 bits per heavy atom. The normalized spacial score (nSPS) is 12.4. The van der Waals surface area contributed by atoms with Crippen molar-refractivity contribution in [2.75, 3.05) is 0 Å². The molecular formula is C18H22ClN. The van der Waals surface area contributed by atoms with Gasteiger partial charge in [0.2, 0.25) is 0 Å². The third kappa shape index (κ3) is 3.05. The highest BCUT2D eigenvalue weighted by Crippen LogP contribution is 2.28. The summed E-state index contributed by atoms with van der Waals surface area (Å²) < 4.78 is 0. The number of rotatable bonds is 4. The first-order valence-electron chi connectivity index (χ1n) is 7.20. The van der Waals surface area contributed by atoms with E-state index in [1.807, 2.05) is 18.2 Å². The molecular weight excluding hydrogens is 266 g/mol. The van der Waals surface area contributed by atoms with Gasteiger partial charge < -0.3 is 5.73 Å². The first kappa shape index (κ1) is 15.1. The van der Waals surface area contributed by atoms with Crippen LogP contribution in [0.5, 0.6) is 0 Å². The molecule has 2 N–H and O–H groups in total. The highest BCUT2D eigenvalue weighted by Gasteiger charge is 2.15. The molecule has 2 aromatic rings. The number of nitrogens with two attached hydrogens (primary N) is 1. The number of hydrogen-bond acceptors (Lipinski definition) is 1. The van der Waals surface area contributed by atoms with Crippen LogP contribution in [-0.2, 0) is 12.8 Å². The maximum Gasteiger partial charge on any atom is 0.0557 e. The summed E-state index contributed by atoms with van der Waals surface area (Å²) in [6, 6.07) is 12.5.